The first-order chi connectivity index (χ1) is 11.0. The van der Waals surface area contributed by atoms with Crippen LogP contribution in [-0.4, -0.2) is 20.6 Å². The van der Waals surface area contributed by atoms with Crippen LogP contribution in [0.5, 0.6) is 0 Å². The maximum Gasteiger partial charge on any atom is 0.271 e. The van der Waals surface area contributed by atoms with Crippen LogP contribution < -0.4 is 5.32 Å². The molecule has 0 radical (unpaired) electrons. The first-order valence-electron chi connectivity index (χ1n) is 6.68. The lowest BCUT2D eigenvalue weighted by molar-refractivity contribution is -0.384. The van der Waals surface area contributed by atoms with Crippen LogP contribution in [0.1, 0.15) is 0 Å². The van der Waals surface area contributed by atoms with Gasteiger partial charge in [-0.05, 0) is 52.9 Å². The second-order valence-corrected chi connectivity index (χ2v) is 6.10. The van der Waals surface area contributed by atoms with Crippen LogP contribution in [0.15, 0.2) is 48.7 Å². The fourth-order valence-corrected chi connectivity index (χ4v) is 2.53. The number of nitro groups is 1. The number of amides is 1. The molecule has 1 N–H and O–H groups in total. The van der Waals surface area contributed by atoms with Gasteiger partial charge in [-0.15, -0.1) is 0 Å². The quantitative estimate of drug-likeness (QED) is 0.397. The van der Waals surface area contributed by atoms with Gasteiger partial charge in [0.15, 0.2) is 0 Å². The zero-order valence-electron chi connectivity index (χ0n) is 11.8. The van der Waals surface area contributed by atoms with E-state index < -0.39 is 4.92 Å². The van der Waals surface area contributed by atoms with Crippen molar-refractivity contribution in [2.45, 2.75) is 6.54 Å². The van der Waals surface area contributed by atoms with Crippen LogP contribution >= 0.6 is 22.6 Å². The summed E-state index contributed by atoms with van der Waals surface area (Å²) >= 11 is 2.18. The summed E-state index contributed by atoms with van der Waals surface area (Å²) in [5, 5.41) is 18.5. The van der Waals surface area contributed by atoms with E-state index in [1.165, 1.54) is 16.8 Å². The lowest BCUT2D eigenvalue weighted by atomic mass is 10.2. The predicted octanol–water partition coefficient (Wildman–Crippen LogP) is 3.19. The molecule has 3 aromatic rings. The SMILES string of the molecule is O=C(Cn1ncc2ccc([N+](=O)[O-])cc21)Nc1ccc(I)cc1. The van der Waals surface area contributed by atoms with E-state index in [0.717, 1.165) is 8.96 Å². The number of non-ortho nitro benzene ring substituents is 1. The van der Waals surface area contributed by atoms with Gasteiger partial charge in [0.2, 0.25) is 5.91 Å². The minimum Gasteiger partial charge on any atom is -0.324 e. The number of rotatable bonds is 4. The zero-order valence-corrected chi connectivity index (χ0v) is 13.9. The van der Waals surface area contributed by atoms with Gasteiger partial charge in [0, 0.05) is 26.8 Å². The van der Waals surface area contributed by atoms with Crippen molar-refractivity contribution < 1.29 is 9.72 Å². The molecule has 0 saturated carbocycles. The average molecular weight is 422 g/mol. The molecule has 0 aliphatic carbocycles. The summed E-state index contributed by atoms with van der Waals surface area (Å²) in [6.07, 6.45) is 1.58. The van der Waals surface area contributed by atoms with Crippen LogP contribution in [0.25, 0.3) is 10.9 Å². The van der Waals surface area contributed by atoms with Gasteiger partial charge in [0.05, 0.1) is 16.6 Å². The number of carbonyl (C=O) groups is 1. The number of benzene rings is 2. The van der Waals surface area contributed by atoms with Crippen molar-refractivity contribution in [3.63, 3.8) is 0 Å². The van der Waals surface area contributed by atoms with Gasteiger partial charge in [0.1, 0.15) is 6.54 Å². The maximum absolute atomic E-state index is 12.1. The van der Waals surface area contributed by atoms with Crippen LogP contribution in [0, 0.1) is 13.7 Å². The van der Waals surface area contributed by atoms with E-state index in [9.17, 15) is 14.9 Å². The molecule has 1 aromatic heterocycles. The van der Waals surface area contributed by atoms with E-state index in [-0.39, 0.29) is 18.1 Å². The van der Waals surface area contributed by atoms with Gasteiger partial charge >= 0.3 is 0 Å². The Bertz CT molecular complexity index is 889. The van der Waals surface area contributed by atoms with Crippen LogP contribution in [0.3, 0.4) is 0 Å². The Morgan fingerprint density at radius 1 is 1.26 bits per heavy atom. The second-order valence-electron chi connectivity index (χ2n) is 4.86. The topological polar surface area (TPSA) is 90.1 Å². The molecule has 1 amide bonds. The number of aromatic nitrogens is 2. The number of nitro benzene ring substituents is 1. The number of hydrogen-bond donors (Lipinski definition) is 1. The monoisotopic (exact) mass is 422 g/mol. The van der Waals surface area contributed by atoms with Gasteiger partial charge in [0.25, 0.3) is 5.69 Å². The van der Waals surface area contributed by atoms with Crippen LogP contribution in [0.2, 0.25) is 0 Å². The summed E-state index contributed by atoms with van der Waals surface area (Å²) in [5.74, 6) is -0.247. The molecule has 0 spiro atoms. The third-order valence-electron chi connectivity index (χ3n) is 3.26. The van der Waals surface area contributed by atoms with Crippen molar-refractivity contribution in [1.82, 2.24) is 9.78 Å². The normalized spacial score (nSPS) is 10.7. The Hall–Kier alpha value is -2.49. The molecular weight excluding hydrogens is 411 g/mol. The standard InChI is InChI=1S/C15H11IN4O3/c16-11-2-4-12(5-3-11)18-15(21)9-19-14-7-13(20(22)23)6-1-10(14)8-17-19/h1-8H,9H2,(H,18,21). The Kier molecular flexibility index (Phi) is 4.24. The highest BCUT2D eigenvalue weighted by molar-refractivity contribution is 14.1. The number of nitrogens with zero attached hydrogens (tertiary/aromatic N) is 3. The summed E-state index contributed by atoms with van der Waals surface area (Å²) in [6, 6.07) is 11.9. The molecule has 23 heavy (non-hydrogen) atoms. The summed E-state index contributed by atoms with van der Waals surface area (Å²) < 4.78 is 2.52. The fourth-order valence-electron chi connectivity index (χ4n) is 2.17. The molecule has 0 saturated heterocycles. The highest BCUT2D eigenvalue weighted by atomic mass is 127. The van der Waals surface area contributed by atoms with Crippen LogP contribution in [0.4, 0.5) is 11.4 Å². The molecule has 0 atom stereocenters. The summed E-state index contributed by atoms with van der Waals surface area (Å²) in [4.78, 5) is 22.5. The zero-order chi connectivity index (χ0) is 16.4. The molecule has 0 fully saturated rings. The molecule has 0 bridgehead atoms. The molecule has 116 valence electrons. The third-order valence-corrected chi connectivity index (χ3v) is 3.98. The van der Waals surface area contributed by atoms with Crippen LogP contribution in [-0.2, 0) is 11.3 Å². The number of anilines is 1. The number of hydrogen-bond acceptors (Lipinski definition) is 4. The molecule has 0 aliphatic heterocycles. The molecule has 2 aromatic carbocycles. The molecule has 3 rings (SSSR count). The van der Waals surface area contributed by atoms with E-state index in [4.69, 9.17) is 0 Å². The largest absolute Gasteiger partial charge is 0.324 e. The summed E-state index contributed by atoms with van der Waals surface area (Å²) in [7, 11) is 0. The summed E-state index contributed by atoms with van der Waals surface area (Å²) in [6.45, 7) is -0.0172. The third kappa shape index (κ3) is 3.47. The van der Waals surface area contributed by atoms with Crippen molar-refractivity contribution in [2.24, 2.45) is 0 Å². The van der Waals surface area contributed by atoms with Crippen molar-refractivity contribution >= 4 is 50.8 Å². The first-order valence-corrected chi connectivity index (χ1v) is 7.76. The number of nitrogens with one attached hydrogen (secondary N) is 1. The van der Waals surface area contributed by atoms with Gasteiger partial charge < -0.3 is 5.32 Å². The first kappa shape index (κ1) is 15.4. The van der Waals surface area contributed by atoms with Crippen molar-refractivity contribution in [1.29, 1.82) is 0 Å². The summed E-state index contributed by atoms with van der Waals surface area (Å²) in [5.41, 5.74) is 1.21. The molecule has 7 nitrogen and oxygen atoms in total. The molecule has 8 heteroatoms. The van der Waals surface area contributed by atoms with Gasteiger partial charge in [-0.3, -0.25) is 19.6 Å². The second kappa shape index (κ2) is 6.32. The van der Waals surface area contributed by atoms with Crippen molar-refractivity contribution in [2.75, 3.05) is 5.32 Å². The molecular formula is C15H11IN4O3. The van der Waals surface area contributed by atoms with Crippen molar-refractivity contribution in [3.8, 4) is 0 Å². The Balaban J connectivity index is 1.80. The minimum absolute atomic E-state index is 0.0172. The Morgan fingerprint density at radius 3 is 2.70 bits per heavy atom. The highest BCUT2D eigenvalue weighted by Crippen LogP contribution is 2.20. The smallest absolute Gasteiger partial charge is 0.271 e. The van der Waals surface area contributed by atoms with Gasteiger partial charge in [-0.1, -0.05) is 0 Å². The van der Waals surface area contributed by atoms with E-state index in [1.807, 2.05) is 24.3 Å². The number of fused-ring (bicyclic) bond motifs is 1. The van der Waals surface area contributed by atoms with E-state index in [2.05, 4.69) is 33.0 Å². The van der Waals surface area contributed by atoms with Gasteiger partial charge in [-0.2, -0.15) is 5.10 Å². The molecule has 0 unspecified atom stereocenters. The van der Waals surface area contributed by atoms with E-state index >= 15 is 0 Å². The fraction of sp³-hybridized carbons (Fsp3) is 0.0667. The Morgan fingerprint density at radius 2 is 2.00 bits per heavy atom. The lowest BCUT2D eigenvalue weighted by Crippen LogP contribution is -2.19. The van der Waals surface area contributed by atoms with Gasteiger partial charge in [-0.25, -0.2) is 0 Å². The molecule has 1 heterocycles. The number of halogens is 1. The minimum atomic E-state index is -0.470. The lowest BCUT2D eigenvalue weighted by Gasteiger charge is -2.06. The Labute approximate surface area is 144 Å². The van der Waals surface area contributed by atoms with E-state index in [0.29, 0.717) is 11.2 Å². The highest BCUT2D eigenvalue weighted by Gasteiger charge is 2.12. The van der Waals surface area contributed by atoms with Crippen molar-refractivity contribution in [3.05, 3.63) is 62.3 Å². The predicted molar refractivity (Wildman–Crippen MR) is 94.2 cm³/mol. The maximum atomic E-state index is 12.1. The molecule has 0 aliphatic rings. The van der Waals surface area contributed by atoms with E-state index in [1.54, 1.807) is 12.3 Å². The average Bonchev–Trinajstić information content (AvgIpc) is 2.92. The number of carbonyl (C=O) groups excluding carboxylic acids is 1.